The molecule has 4 nitrogen and oxygen atoms in total. The van der Waals surface area contributed by atoms with Gasteiger partial charge in [0.1, 0.15) is 0 Å². The van der Waals surface area contributed by atoms with Gasteiger partial charge in [-0.25, -0.2) is 0 Å². The van der Waals surface area contributed by atoms with Gasteiger partial charge in [-0.05, 0) is 30.5 Å². The van der Waals surface area contributed by atoms with E-state index in [0.29, 0.717) is 17.7 Å². The Kier molecular flexibility index (Phi) is 5.92. The normalized spacial score (nSPS) is 10.2. The first-order valence-electron chi connectivity index (χ1n) is 7.72. The van der Waals surface area contributed by atoms with Gasteiger partial charge in [0.15, 0.2) is 0 Å². The first-order valence-corrected chi connectivity index (χ1v) is 7.72. The molecule has 0 aliphatic rings. The molecule has 2 rings (SSSR count). The van der Waals surface area contributed by atoms with Crippen molar-refractivity contribution in [1.29, 1.82) is 0 Å². The Balaban J connectivity index is 1.92. The Hall–Kier alpha value is -2.62. The first-order chi connectivity index (χ1) is 11.1. The molecule has 4 heteroatoms. The topological polar surface area (TPSA) is 49.4 Å². The molecule has 0 spiro atoms. The number of carbonyl (C=O) groups is 2. The van der Waals surface area contributed by atoms with E-state index in [9.17, 15) is 9.59 Å². The number of nitrogens with one attached hydrogen (secondary N) is 1. The van der Waals surface area contributed by atoms with E-state index in [4.69, 9.17) is 0 Å². The molecule has 2 aromatic carbocycles. The number of para-hydroxylation sites is 1. The molecule has 2 aromatic rings. The minimum atomic E-state index is -0.120. The second kappa shape index (κ2) is 8.13. The van der Waals surface area contributed by atoms with Gasteiger partial charge in [-0.3, -0.25) is 9.59 Å². The molecule has 2 amide bonds. The highest BCUT2D eigenvalue weighted by molar-refractivity contribution is 6.03. The van der Waals surface area contributed by atoms with Gasteiger partial charge in [0.25, 0.3) is 5.91 Å². The number of carbonyl (C=O) groups excluding carboxylic acids is 2. The van der Waals surface area contributed by atoms with Gasteiger partial charge in [0.05, 0.1) is 11.3 Å². The van der Waals surface area contributed by atoms with Crippen molar-refractivity contribution in [3.8, 4) is 0 Å². The average Bonchev–Trinajstić information content (AvgIpc) is 2.55. The van der Waals surface area contributed by atoms with Gasteiger partial charge in [-0.1, -0.05) is 42.5 Å². The maximum absolute atomic E-state index is 12.1. The summed E-state index contributed by atoms with van der Waals surface area (Å²) in [6.45, 7) is 0. The van der Waals surface area contributed by atoms with E-state index in [2.05, 4.69) is 17.4 Å². The summed E-state index contributed by atoms with van der Waals surface area (Å²) >= 11 is 0. The maximum atomic E-state index is 12.1. The largest absolute Gasteiger partial charge is 0.345 e. The highest BCUT2D eigenvalue weighted by atomic mass is 16.2. The molecular formula is C19H22N2O2. The summed E-state index contributed by atoms with van der Waals surface area (Å²) in [5.74, 6) is -0.190. The number of hydrogen-bond donors (Lipinski definition) is 1. The minimum absolute atomic E-state index is 0.0695. The van der Waals surface area contributed by atoms with Crippen LogP contribution in [0.25, 0.3) is 0 Å². The molecule has 0 atom stereocenters. The average molecular weight is 310 g/mol. The zero-order chi connectivity index (χ0) is 16.7. The molecule has 0 bridgehead atoms. The van der Waals surface area contributed by atoms with Crippen LogP contribution >= 0.6 is 0 Å². The van der Waals surface area contributed by atoms with Crippen LogP contribution < -0.4 is 5.32 Å². The van der Waals surface area contributed by atoms with E-state index in [1.165, 1.54) is 10.5 Å². The lowest BCUT2D eigenvalue weighted by Crippen LogP contribution is -2.24. The van der Waals surface area contributed by atoms with Crippen molar-refractivity contribution in [2.45, 2.75) is 19.3 Å². The summed E-state index contributed by atoms with van der Waals surface area (Å²) in [5, 5.41) is 2.85. The zero-order valence-corrected chi connectivity index (χ0v) is 13.6. The smallest absolute Gasteiger partial charge is 0.255 e. The fourth-order valence-electron chi connectivity index (χ4n) is 2.33. The van der Waals surface area contributed by atoms with Crippen LogP contribution in [0.1, 0.15) is 28.8 Å². The van der Waals surface area contributed by atoms with Crippen LogP contribution in [-0.2, 0) is 11.2 Å². The summed E-state index contributed by atoms with van der Waals surface area (Å²) in [6, 6.07) is 17.2. The van der Waals surface area contributed by atoms with Crippen LogP contribution in [-0.4, -0.2) is 30.8 Å². The first kappa shape index (κ1) is 16.7. The molecule has 0 aromatic heterocycles. The predicted molar refractivity (Wildman–Crippen MR) is 92.5 cm³/mol. The number of nitrogens with zero attached hydrogens (tertiary/aromatic N) is 1. The monoisotopic (exact) mass is 310 g/mol. The fraction of sp³-hybridized carbons (Fsp3) is 0.263. The van der Waals surface area contributed by atoms with Crippen LogP contribution in [0, 0.1) is 0 Å². The summed E-state index contributed by atoms with van der Waals surface area (Å²) < 4.78 is 0. The Bertz CT molecular complexity index is 666. The van der Waals surface area contributed by atoms with Crippen molar-refractivity contribution < 1.29 is 9.59 Å². The van der Waals surface area contributed by atoms with Crippen molar-refractivity contribution in [3.63, 3.8) is 0 Å². The summed E-state index contributed by atoms with van der Waals surface area (Å²) in [7, 11) is 3.39. The third kappa shape index (κ3) is 4.95. The van der Waals surface area contributed by atoms with Crippen molar-refractivity contribution in [2.75, 3.05) is 19.4 Å². The summed E-state index contributed by atoms with van der Waals surface area (Å²) in [4.78, 5) is 25.7. The Labute approximate surface area is 137 Å². The number of amides is 2. The molecule has 1 N–H and O–H groups in total. The Morgan fingerprint density at radius 1 is 0.957 bits per heavy atom. The molecular weight excluding hydrogens is 288 g/mol. The minimum Gasteiger partial charge on any atom is -0.345 e. The highest BCUT2D eigenvalue weighted by Crippen LogP contribution is 2.17. The van der Waals surface area contributed by atoms with Crippen molar-refractivity contribution in [3.05, 3.63) is 65.7 Å². The Morgan fingerprint density at radius 2 is 1.61 bits per heavy atom. The summed E-state index contributed by atoms with van der Waals surface area (Å²) in [5.41, 5.74) is 2.30. The van der Waals surface area contributed by atoms with Crippen LogP contribution in [0.3, 0.4) is 0 Å². The van der Waals surface area contributed by atoms with Crippen LogP contribution in [0.2, 0.25) is 0 Å². The highest BCUT2D eigenvalue weighted by Gasteiger charge is 2.14. The van der Waals surface area contributed by atoms with E-state index in [1.807, 2.05) is 24.3 Å². The van der Waals surface area contributed by atoms with Gasteiger partial charge in [0.2, 0.25) is 5.91 Å². The number of benzene rings is 2. The molecule has 0 saturated heterocycles. The quantitative estimate of drug-likeness (QED) is 0.889. The maximum Gasteiger partial charge on any atom is 0.255 e. The predicted octanol–water partition coefficient (Wildman–Crippen LogP) is 3.35. The molecule has 23 heavy (non-hydrogen) atoms. The number of hydrogen-bond acceptors (Lipinski definition) is 2. The lowest BCUT2D eigenvalue weighted by Gasteiger charge is -2.14. The molecule has 0 unspecified atom stereocenters. The van der Waals surface area contributed by atoms with Gasteiger partial charge in [-0.2, -0.15) is 0 Å². The van der Waals surface area contributed by atoms with Gasteiger partial charge in [0, 0.05) is 20.5 Å². The van der Waals surface area contributed by atoms with E-state index < -0.39 is 0 Å². The molecule has 0 heterocycles. The van der Waals surface area contributed by atoms with E-state index >= 15 is 0 Å². The zero-order valence-electron chi connectivity index (χ0n) is 13.6. The van der Waals surface area contributed by atoms with Gasteiger partial charge in [-0.15, -0.1) is 0 Å². The lowest BCUT2D eigenvalue weighted by molar-refractivity contribution is -0.116. The van der Waals surface area contributed by atoms with Crippen molar-refractivity contribution >= 4 is 17.5 Å². The second-order valence-corrected chi connectivity index (χ2v) is 5.63. The molecule has 0 aliphatic heterocycles. The van der Waals surface area contributed by atoms with Crippen molar-refractivity contribution in [1.82, 2.24) is 4.90 Å². The number of aryl methyl sites for hydroxylation is 1. The summed E-state index contributed by atoms with van der Waals surface area (Å²) in [6.07, 6.45) is 2.07. The fourth-order valence-corrected chi connectivity index (χ4v) is 2.33. The molecule has 0 radical (unpaired) electrons. The van der Waals surface area contributed by atoms with Crippen LogP contribution in [0.5, 0.6) is 0 Å². The number of rotatable bonds is 6. The SMILES string of the molecule is CN(C)C(=O)c1ccccc1NC(=O)CCCc1ccccc1. The third-order valence-corrected chi connectivity index (χ3v) is 3.55. The van der Waals surface area contributed by atoms with E-state index in [1.54, 1.807) is 32.3 Å². The van der Waals surface area contributed by atoms with Crippen LogP contribution in [0.15, 0.2) is 54.6 Å². The third-order valence-electron chi connectivity index (χ3n) is 3.55. The second-order valence-electron chi connectivity index (χ2n) is 5.63. The lowest BCUT2D eigenvalue weighted by atomic mass is 10.1. The molecule has 0 fully saturated rings. The molecule has 120 valence electrons. The van der Waals surface area contributed by atoms with Crippen LogP contribution in [0.4, 0.5) is 5.69 Å². The Morgan fingerprint density at radius 3 is 2.30 bits per heavy atom. The number of anilines is 1. The van der Waals surface area contributed by atoms with Gasteiger partial charge >= 0.3 is 0 Å². The molecule has 0 saturated carbocycles. The van der Waals surface area contributed by atoms with Crippen molar-refractivity contribution in [2.24, 2.45) is 0 Å². The standard InChI is InChI=1S/C19H22N2O2/c1-21(2)19(23)16-12-6-7-13-17(16)20-18(22)14-8-11-15-9-4-3-5-10-15/h3-7,9-10,12-13H,8,11,14H2,1-2H3,(H,20,22). The van der Waals surface area contributed by atoms with E-state index in [0.717, 1.165) is 12.8 Å². The van der Waals surface area contributed by atoms with E-state index in [-0.39, 0.29) is 11.8 Å². The van der Waals surface area contributed by atoms with Gasteiger partial charge < -0.3 is 10.2 Å². The molecule has 0 aliphatic carbocycles.